The first-order valence-electron chi connectivity index (χ1n) is 8.84. The van der Waals surface area contributed by atoms with E-state index in [9.17, 15) is 0 Å². The minimum Gasteiger partial charge on any atom is -0.354 e. The Morgan fingerprint density at radius 2 is 2.00 bits per heavy atom. The van der Waals surface area contributed by atoms with E-state index < -0.39 is 0 Å². The lowest BCUT2D eigenvalue weighted by Gasteiger charge is -2.34. The quantitative estimate of drug-likeness (QED) is 0.705. The molecule has 0 radical (unpaired) electrons. The second-order valence-electron chi connectivity index (χ2n) is 6.54. The van der Waals surface area contributed by atoms with Gasteiger partial charge >= 0.3 is 0 Å². The number of rotatable bonds is 6. The zero-order chi connectivity index (χ0) is 17.8. The molecule has 136 valence electrons. The molecule has 0 atom stereocenters. The third kappa shape index (κ3) is 4.12. The zero-order valence-corrected chi connectivity index (χ0v) is 16.5. The number of aromatic nitrogens is 2. The second kappa shape index (κ2) is 8.26. The van der Waals surface area contributed by atoms with Gasteiger partial charge in [0.15, 0.2) is 0 Å². The van der Waals surface area contributed by atoms with Gasteiger partial charge in [0.1, 0.15) is 10.8 Å². The Morgan fingerprint density at radius 3 is 2.81 bits per heavy atom. The summed E-state index contributed by atoms with van der Waals surface area (Å²) in [5, 5.41) is 11.0. The van der Waals surface area contributed by atoms with Crippen molar-refractivity contribution in [1.82, 2.24) is 20.2 Å². The summed E-state index contributed by atoms with van der Waals surface area (Å²) in [5.41, 5.74) is 3.57. The third-order valence-electron chi connectivity index (χ3n) is 4.61. The number of thiophene rings is 1. The zero-order valence-electron chi connectivity index (χ0n) is 14.9. The van der Waals surface area contributed by atoms with Crippen molar-refractivity contribution in [2.24, 2.45) is 0 Å². The van der Waals surface area contributed by atoms with Crippen molar-refractivity contribution < 1.29 is 0 Å². The molecule has 5 nitrogen and oxygen atoms in total. The highest BCUT2D eigenvalue weighted by atomic mass is 32.1. The number of piperazine rings is 1. The van der Waals surface area contributed by atoms with Crippen LogP contribution in [0.25, 0.3) is 10.6 Å². The number of thiazole rings is 1. The molecule has 1 saturated heterocycles. The monoisotopic (exact) mass is 385 g/mol. The molecule has 1 aliphatic rings. The van der Waals surface area contributed by atoms with E-state index in [4.69, 9.17) is 4.98 Å². The first-order valence-corrected chi connectivity index (χ1v) is 10.7. The lowest BCUT2D eigenvalue weighted by Crippen LogP contribution is -2.45. The van der Waals surface area contributed by atoms with E-state index in [0.29, 0.717) is 0 Å². The van der Waals surface area contributed by atoms with Gasteiger partial charge in [0, 0.05) is 67.4 Å². The average molecular weight is 386 g/mol. The minimum absolute atomic E-state index is 0.776. The molecule has 0 amide bonds. The van der Waals surface area contributed by atoms with Gasteiger partial charge in [-0.05, 0) is 24.6 Å². The summed E-state index contributed by atoms with van der Waals surface area (Å²) < 4.78 is 0. The number of nitrogens with zero attached hydrogens (tertiary/aromatic N) is 4. The van der Waals surface area contributed by atoms with E-state index in [1.54, 1.807) is 22.7 Å². The number of nitrogens with one attached hydrogen (secondary N) is 1. The van der Waals surface area contributed by atoms with E-state index in [-0.39, 0.29) is 0 Å². The van der Waals surface area contributed by atoms with Crippen molar-refractivity contribution in [3.63, 3.8) is 0 Å². The summed E-state index contributed by atoms with van der Waals surface area (Å²) >= 11 is 3.42. The molecule has 4 rings (SSSR count). The van der Waals surface area contributed by atoms with E-state index in [1.165, 1.54) is 11.1 Å². The fourth-order valence-corrected chi connectivity index (χ4v) is 4.64. The molecule has 26 heavy (non-hydrogen) atoms. The minimum atomic E-state index is 0.776. The van der Waals surface area contributed by atoms with Crippen LogP contribution in [0.2, 0.25) is 0 Å². The summed E-state index contributed by atoms with van der Waals surface area (Å²) in [6, 6.07) is 6.32. The van der Waals surface area contributed by atoms with Crippen molar-refractivity contribution in [2.45, 2.75) is 13.1 Å². The molecular formula is C19H23N5S2. The summed E-state index contributed by atoms with van der Waals surface area (Å²) in [5.74, 6) is 1.12. The van der Waals surface area contributed by atoms with Gasteiger partial charge in [-0.2, -0.15) is 11.3 Å². The Morgan fingerprint density at radius 1 is 1.12 bits per heavy atom. The molecule has 0 aliphatic carbocycles. The van der Waals surface area contributed by atoms with Gasteiger partial charge in [-0.15, -0.1) is 11.3 Å². The van der Waals surface area contributed by atoms with Crippen molar-refractivity contribution >= 4 is 28.5 Å². The highest BCUT2D eigenvalue weighted by molar-refractivity contribution is 7.14. The Bertz CT molecular complexity index is 822. The van der Waals surface area contributed by atoms with Crippen LogP contribution >= 0.6 is 22.7 Å². The molecule has 1 N–H and O–H groups in total. The maximum atomic E-state index is 4.74. The predicted octanol–water partition coefficient (Wildman–Crippen LogP) is 3.31. The fourth-order valence-electron chi connectivity index (χ4n) is 3.10. The predicted molar refractivity (Wildman–Crippen MR) is 110 cm³/mol. The van der Waals surface area contributed by atoms with Crippen LogP contribution in [-0.4, -0.2) is 48.1 Å². The normalized spacial score (nSPS) is 15.5. The molecular weight excluding hydrogens is 362 g/mol. The van der Waals surface area contributed by atoms with E-state index >= 15 is 0 Å². The van der Waals surface area contributed by atoms with Crippen LogP contribution < -0.4 is 10.2 Å². The molecule has 1 fully saturated rings. The molecule has 0 aromatic carbocycles. The van der Waals surface area contributed by atoms with Crippen LogP contribution in [-0.2, 0) is 13.1 Å². The van der Waals surface area contributed by atoms with Gasteiger partial charge in [0.2, 0.25) is 0 Å². The molecule has 0 unspecified atom stereocenters. The van der Waals surface area contributed by atoms with Gasteiger partial charge in [-0.25, -0.2) is 9.97 Å². The largest absolute Gasteiger partial charge is 0.354 e. The summed E-state index contributed by atoms with van der Waals surface area (Å²) in [7, 11) is 2.18. The van der Waals surface area contributed by atoms with Crippen LogP contribution in [0.1, 0.15) is 11.3 Å². The van der Waals surface area contributed by atoms with Crippen LogP contribution in [0.4, 0.5) is 5.82 Å². The van der Waals surface area contributed by atoms with Gasteiger partial charge in [-0.3, -0.25) is 0 Å². The summed E-state index contributed by atoms with van der Waals surface area (Å²) in [6.07, 6.45) is 1.89. The maximum Gasteiger partial charge on any atom is 0.133 e. The maximum absolute atomic E-state index is 4.74. The summed E-state index contributed by atoms with van der Waals surface area (Å²) in [4.78, 5) is 14.1. The van der Waals surface area contributed by atoms with Gasteiger partial charge < -0.3 is 15.1 Å². The molecule has 0 saturated carbocycles. The molecule has 0 bridgehead atoms. The highest BCUT2D eigenvalue weighted by Gasteiger charge is 2.17. The van der Waals surface area contributed by atoms with Crippen LogP contribution in [0.3, 0.4) is 0 Å². The first-order chi connectivity index (χ1) is 12.8. The number of pyridine rings is 1. The Kier molecular flexibility index (Phi) is 5.59. The van der Waals surface area contributed by atoms with Gasteiger partial charge in [0.25, 0.3) is 0 Å². The van der Waals surface area contributed by atoms with Crippen molar-refractivity contribution in [1.29, 1.82) is 0 Å². The number of hydrogen-bond donors (Lipinski definition) is 1. The number of anilines is 1. The molecule has 1 aliphatic heterocycles. The van der Waals surface area contributed by atoms with Crippen LogP contribution in [0, 0.1) is 0 Å². The second-order valence-corrected chi connectivity index (χ2v) is 8.17. The summed E-state index contributed by atoms with van der Waals surface area (Å²) in [6.45, 7) is 5.84. The average Bonchev–Trinajstić information content (AvgIpc) is 3.35. The van der Waals surface area contributed by atoms with Crippen LogP contribution in [0.15, 0.2) is 40.5 Å². The first kappa shape index (κ1) is 17.6. The Labute approximate surface area is 162 Å². The molecule has 3 aromatic rings. The van der Waals surface area contributed by atoms with Gasteiger partial charge in [0.05, 0.1) is 5.69 Å². The Balaban J connectivity index is 1.36. The van der Waals surface area contributed by atoms with Crippen molar-refractivity contribution in [3.8, 4) is 10.6 Å². The SMILES string of the molecule is CN1CCN(c2ncccc2CNCc2csc(-c3ccsc3)n2)CC1. The van der Waals surface area contributed by atoms with Crippen molar-refractivity contribution in [2.75, 3.05) is 38.1 Å². The van der Waals surface area contributed by atoms with Gasteiger partial charge in [-0.1, -0.05) is 6.07 Å². The van der Waals surface area contributed by atoms with Crippen LogP contribution in [0.5, 0.6) is 0 Å². The third-order valence-corrected chi connectivity index (χ3v) is 6.24. The lowest BCUT2D eigenvalue weighted by atomic mass is 10.2. The lowest BCUT2D eigenvalue weighted by molar-refractivity contribution is 0.311. The standard InChI is InChI=1S/C19H23N5S2/c1-23-6-8-24(9-7-23)18-15(3-2-5-21-18)11-20-12-17-14-26-19(22-17)16-4-10-25-13-16/h2-5,10,13-14,20H,6-9,11-12H2,1H3. The molecule has 4 heterocycles. The fraction of sp³-hybridized carbons (Fsp3) is 0.368. The molecule has 0 spiro atoms. The highest BCUT2D eigenvalue weighted by Crippen LogP contribution is 2.25. The van der Waals surface area contributed by atoms with E-state index in [2.05, 4.69) is 55.4 Å². The smallest absolute Gasteiger partial charge is 0.133 e. The van der Waals surface area contributed by atoms with E-state index in [1.807, 2.05) is 12.3 Å². The topological polar surface area (TPSA) is 44.3 Å². The number of likely N-dealkylation sites (N-methyl/N-ethyl adjacent to an activating group) is 1. The van der Waals surface area contributed by atoms with Crippen molar-refractivity contribution in [3.05, 3.63) is 51.8 Å². The van der Waals surface area contributed by atoms with E-state index in [0.717, 1.165) is 55.8 Å². The number of hydrogen-bond acceptors (Lipinski definition) is 7. The Hall–Kier alpha value is -1.80. The molecule has 7 heteroatoms. The molecule has 3 aromatic heterocycles.